The molecule has 0 radical (unpaired) electrons. The van der Waals surface area contributed by atoms with Crippen LogP contribution in [0.2, 0.25) is 0 Å². The van der Waals surface area contributed by atoms with Crippen molar-refractivity contribution in [1.82, 2.24) is 15.5 Å². The number of carbonyl (C=O) groups is 1. The Hall–Kier alpha value is -2.08. The Bertz CT molecular complexity index is 491. The van der Waals surface area contributed by atoms with Gasteiger partial charge in [-0.05, 0) is 19.4 Å². The highest BCUT2D eigenvalue weighted by Crippen LogP contribution is 2.04. The molecule has 1 amide bonds. The van der Waals surface area contributed by atoms with Crippen molar-refractivity contribution in [3.8, 4) is 0 Å². The number of rotatable bonds is 8. The first-order chi connectivity index (χ1) is 11.1. The third-order valence-electron chi connectivity index (χ3n) is 3.38. The first-order valence-electron chi connectivity index (χ1n) is 7.88. The fraction of sp³-hybridized carbons (Fsp3) is 0.529. The average molecular weight is 320 g/mol. The summed E-state index contributed by atoms with van der Waals surface area (Å²) in [6, 6.07) is 10.1. The Kier molecular flexibility index (Phi) is 8.75. The smallest absolute Gasteiger partial charge is 0.242 e. The molecule has 6 nitrogen and oxygen atoms in total. The summed E-state index contributed by atoms with van der Waals surface area (Å²) >= 11 is 0. The van der Waals surface area contributed by atoms with Gasteiger partial charge in [-0.1, -0.05) is 30.3 Å². The van der Waals surface area contributed by atoms with Crippen molar-refractivity contribution in [3.05, 3.63) is 35.9 Å². The van der Waals surface area contributed by atoms with E-state index in [4.69, 9.17) is 4.74 Å². The van der Waals surface area contributed by atoms with Gasteiger partial charge in [0.25, 0.3) is 0 Å². The van der Waals surface area contributed by atoms with E-state index in [2.05, 4.69) is 15.6 Å². The molecule has 1 aromatic carbocycles. The molecule has 0 aliphatic carbocycles. The molecule has 128 valence electrons. The van der Waals surface area contributed by atoms with Crippen molar-refractivity contribution >= 4 is 11.9 Å². The second-order valence-corrected chi connectivity index (χ2v) is 5.32. The number of guanidine groups is 1. The Labute approximate surface area is 138 Å². The van der Waals surface area contributed by atoms with E-state index in [1.807, 2.05) is 49.1 Å². The van der Waals surface area contributed by atoms with Crippen LogP contribution in [0.4, 0.5) is 0 Å². The van der Waals surface area contributed by atoms with Crippen molar-refractivity contribution in [2.45, 2.75) is 26.4 Å². The number of nitrogens with zero attached hydrogens (tertiary/aromatic N) is 2. The van der Waals surface area contributed by atoms with Crippen molar-refractivity contribution in [2.75, 3.05) is 33.9 Å². The number of hydrogen-bond donors (Lipinski definition) is 2. The normalized spacial score (nSPS) is 12.6. The maximum Gasteiger partial charge on any atom is 0.242 e. The predicted octanol–water partition coefficient (Wildman–Crippen LogP) is 1.24. The molecule has 0 spiro atoms. The fourth-order valence-electron chi connectivity index (χ4n) is 2.17. The Morgan fingerprint density at radius 2 is 2.04 bits per heavy atom. The van der Waals surface area contributed by atoms with E-state index >= 15 is 0 Å². The lowest BCUT2D eigenvalue weighted by Crippen LogP contribution is -2.47. The third-order valence-corrected chi connectivity index (χ3v) is 3.38. The lowest BCUT2D eigenvalue weighted by Gasteiger charge is -2.22. The number of benzene rings is 1. The Morgan fingerprint density at radius 3 is 2.61 bits per heavy atom. The average Bonchev–Trinajstić information content (AvgIpc) is 2.57. The highest BCUT2D eigenvalue weighted by Gasteiger charge is 2.13. The summed E-state index contributed by atoms with van der Waals surface area (Å²) < 4.78 is 5.08. The minimum Gasteiger partial charge on any atom is -0.383 e. The van der Waals surface area contributed by atoms with Gasteiger partial charge in [-0.25, -0.2) is 0 Å². The topological polar surface area (TPSA) is 66.0 Å². The molecule has 2 N–H and O–H groups in total. The zero-order valence-corrected chi connectivity index (χ0v) is 14.5. The van der Waals surface area contributed by atoms with E-state index in [1.54, 1.807) is 14.2 Å². The van der Waals surface area contributed by atoms with Crippen LogP contribution in [-0.4, -0.2) is 56.7 Å². The molecule has 1 rings (SSSR count). The van der Waals surface area contributed by atoms with Crippen LogP contribution in [-0.2, 0) is 16.1 Å². The molecule has 0 saturated carbocycles. The lowest BCUT2D eigenvalue weighted by atomic mass is 10.2. The van der Waals surface area contributed by atoms with Crippen molar-refractivity contribution in [2.24, 2.45) is 4.99 Å². The number of aliphatic imine (C=N–C) groups is 1. The van der Waals surface area contributed by atoms with Gasteiger partial charge in [0.05, 0.1) is 13.2 Å². The third kappa shape index (κ3) is 7.15. The number of nitrogens with one attached hydrogen (secondary N) is 2. The van der Waals surface area contributed by atoms with E-state index in [-0.39, 0.29) is 18.5 Å². The van der Waals surface area contributed by atoms with E-state index in [0.717, 1.165) is 5.56 Å². The quantitative estimate of drug-likeness (QED) is 0.559. The largest absolute Gasteiger partial charge is 0.383 e. The van der Waals surface area contributed by atoms with Gasteiger partial charge in [-0.15, -0.1) is 0 Å². The van der Waals surface area contributed by atoms with Crippen LogP contribution in [0.3, 0.4) is 0 Å². The summed E-state index contributed by atoms with van der Waals surface area (Å²) in [7, 11) is 3.33. The lowest BCUT2D eigenvalue weighted by molar-refractivity contribution is -0.130. The van der Waals surface area contributed by atoms with E-state index in [9.17, 15) is 4.79 Å². The van der Waals surface area contributed by atoms with E-state index in [0.29, 0.717) is 25.7 Å². The molecule has 0 aliphatic heterocycles. The van der Waals surface area contributed by atoms with Gasteiger partial charge in [-0.2, -0.15) is 0 Å². The second kappa shape index (κ2) is 10.6. The molecule has 1 aromatic rings. The second-order valence-electron chi connectivity index (χ2n) is 5.32. The molecular weight excluding hydrogens is 292 g/mol. The van der Waals surface area contributed by atoms with Gasteiger partial charge in [0, 0.05) is 33.3 Å². The minimum atomic E-state index is 0.0405. The van der Waals surface area contributed by atoms with Crippen molar-refractivity contribution < 1.29 is 9.53 Å². The Morgan fingerprint density at radius 1 is 1.35 bits per heavy atom. The standard InChI is InChI=1S/C17H28N4O2/c1-5-21(12-15-9-7-6-8-10-15)16(22)11-19-17(18-3)20-14(2)13-23-4/h6-10,14H,5,11-13H2,1-4H3,(H2,18,19,20). The number of methoxy groups -OCH3 is 1. The van der Waals surface area contributed by atoms with Gasteiger partial charge in [0.2, 0.25) is 5.91 Å². The summed E-state index contributed by atoms with van der Waals surface area (Å²) in [5.41, 5.74) is 1.12. The van der Waals surface area contributed by atoms with Crippen LogP contribution in [0.1, 0.15) is 19.4 Å². The number of ether oxygens (including phenoxy) is 1. The number of hydrogen-bond acceptors (Lipinski definition) is 3. The van der Waals surface area contributed by atoms with E-state index in [1.165, 1.54) is 0 Å². The maximum absolute atomic E-state index is 12.4. The molecule has 1 unspecified atom stereocenters. The molecule has 0 aliphatic rings. The zero-order valence-electron chi connectivity index (χ0n) is 14.5. The van der Waals surface area contributed by atoms with Gasteiger partial charge >= 0.3 is 0 Å². The number of amides is 1. The maximum atomic E-state index is 12.4. The highest BCUT2D eigenvalue weighted by atomic mass is 16.5. The van der Waals surface area contributed by atoms with Gasteiger partial charge in [0.1, 0.15) is 0 Å². The molecule has 0 heterocycles. The van der Waals surface area contributed by atoms with Crippen molar-refractivity contribution in [3.63, 3.8) is 0 Å². The molecule has 0 fully saturated rings. The fourth-order valence-corrected chi connectivity index (χ4v) is 2.17. The van der Waals surface area contributed by atoms with Gasteiger partial charge in [-0.3, -0.25) is 9.79 Å². The van der Waals surface area contributed by atoms with Crippen LogP contribution in [0.25, 0.3) is 0 Å². The van der Waals surface area contributed by atoms with E-state index < -0.39 is 0 Å². The van der Waals surface area contributed by atoms with Crippen LogP contribution in [0, 0.1) is 0 Å². The SMILES string of the molecule is CCN(Cc1ccccc1)C(=O)CNC(=NC)NC(C)COC. The Balaban J connectivity index is 2.49. The van der Waals surface area contributed by atoms with Crippen LogP contribution in [0.5, 0.6) is 0 Å². The van der Waals surface area contributed by atoms with Crippen LogP contribution >= 0.6 is 0 Å². The van der Waals surface area contributed by atoms with Gasteiger partial charge < -0.3 is 20.3 Å². The molecule has 0 saturated heterocycles. The first kappa shape index (κ1) is 19.0. The molecule has 1 atom stereocenters. The van der Waals surface area contributed by atoms with Crippen molar-refractivity contribution in [1.29, 1.82) is 0 Å². The zero-order chi connectivity index (χ0) is 17.1. The van der Waals surface area contributed by atoms with Crippen LogP contribution in [0.15, 0.2) is 35.3 Å². The first-order valence-corrected chi connectivity index (χ1v) is 7.88. The minimum absolute atomic E-state index is 0.0405. The number of likely N-dealkylation sites (N-methyl/N-ethyl adjacent to an activating group) is 1. The van der Waals surface area contributed by atoms with Crippen LogP contribution < -0.4 is 10.6 Å². The molecule has 23 heavy (non-hydrogen) atoms. The highest BCUT2D eigenvalue weighted by molar-refractivity contribution is 5.86. The summed E-state index contributed by atoms with van der Waals surface area (Å²) in [6.45, 7) is 6.04. The summed E-state index contributed by atoms with van der Waals surface area (Å²) in [6.07, 6.45) is 0. The summed E-state index contributed by atoms with van der Waals surface area (Å²) in [5.74, 6) is 0.636. The summed E-state index contributed by atoms with van der Waals surface area (Å²) in [4.78, 5) is 18.3. The monoisotopic (exact) mass is 320 g/mol. The molecular formula is C17H28N4O2. The molecule has 6 heteroatoms. The molecule has 0 bridgehead atoms. The number of carbonyl (C=O) groups excluding carboxylic acids is 1. The summed E-state index contributed by atoms with van der Waals surface area (Å²) in [5, 5.41) is 6.22. The van der Waals surface area contributed by atoms with Gasteiger partial charge in [0.15, 0.2) is 5.96 Å². The predicted molar refractivity (Wildman–Crippen MR) is 93.4 cm³/mol. The molecule has 0 aromatic heterocycles.